The highest BCUT2D eigenvalue weighted by Gasteiger charge is 2.49. The van der Waals surface area contributed by atoms with Gasteiger partial charge in [-0.25, -0.2) is 0 Å². The molecule has 2 bridgehead atoms. The molecule has 3 heterocycles. The number of rotatable bonds is 2. The molecule has 3 aliphatic rings. The highest BCUT2D eigenvalue weighted by molar-refractivity contribution is 5.78. The van der Waals surface area contributed by atoms with Gasteiger partial charge in [0.15, 0.2) is 0 Å². The Kier molecular flexibility index (Phi) is 2.91. The maximum atomic E-state index is 5.81. The minimum atomic E-state index is -0.0941. The lowest BCUT2D eigenvalue weighted by atomic mass is 9.85. The summed E-state index contributed by atoms with van der Waals surface area (Å²) in [6.45, 7) is 0.574. The van der Waals surface area contributed by atoms with E-state index in [1.54, 1.807) is 0 Å². The molecule has 0 aromatic heterocycles. The Bertz CT molecular complexity index is 502. The Morgan fingerprint density at radius 1 is 1.20 bits per heavy atom. The van der Waals surface area contributed by atoms with Crippen LogP contribution in [0.3, 0.4) is 0 Å². The summed E-state index contributed by atoms with van der Waals surface area (Å²) < 4.78 is 5.81. The molecule has 1 aromatic rings. The average molecular weight is 272 g/mol. The van der Waals surface area contributed by atoms with E-state index in [0.29, 0.717) is 18.7 Å². The topological polar surface area (TPSA) is 42.9 Å². The van der Waals surface area contributed by atoms with Crippen LogP contribution in [0.5, 0.6) is 0 Å². The summed E-state index contributed by atoms with van der Waals surface area (Å²) in [5.74, 6) is 0.759. The predicted molar refractivity (Wildman–Crippen MR) is 76.3 cm³/mol. The van der Waals surface area contributed by atoms with E-state index in [-0.39, 0.29) is 5.60 Å². The highest BCUT2D eigenvalue weighted by atomic mass is 16.7. The lowest BCUT2D eigenvalue weighted by Gasteiger charge is -2.35. The van der Waals surface area contributed by atoms with Crippen LogP contribution in [0.25, 0.3) is 0 Å². The summed E-state index contributed by atoms with van der Waals surface area (Å²) >= 11 is 0. The van der Waals surface area contributed by atoms with Crippen LogP contribution in [0.2, 0.25) is 0 Å². The second-order valence-electron chi connectivity index (χ2n) is 6.26. The first-order valence-corrected chi connectivity index (χ1v) is 7.49. The minimum absolute atomic E-state index is 0.0941. The van der Waals surface area contributed by atoms with Crippen LogP contribution < -0.4 is 5.32 Å². The molecule has 106 valence electrons. The third-order valence-electron chi connectivity index (χ3n) is 4.63. The molecule has 0 amide bonds. The number of oxime groups is 1. The van der Waals surface area contributed by atoms with Gasteiger partial charge in [0.2, 0.25) is 5.90 Å². The van der Waals surface area contributed by atoms with Crippen molar-refractivity contribution < 1.29 is 9.57 Å². The van der Waals surface area contributed by atoms with Gasteiger partial charge in [0.25, 0.3) is 0 Å². The summed E-state index contributed by atoms with van der Waals surface area (Å²) in [5.41, 5.74) is 1.07. The number of benzene rings is 1. The Labute approximate surface area is 119 Å². The number of fused-ring (bicyclic) bond motifs is 2. The summed E-state index contributed by atoms with van der Waals surface area (Å²) in [4.78, 5) is 5.79. The second-order valence-corrected chi connectivity index (χ2v) is 6.26. The normalized spacial score (nSPS) is 34.9. The lowest BCUT2D eigenvalue weighted by molar-refractivity contribution is -0.0524. The quantitative estimate of drug-likeness (QED) is 0.900. The third-order valence-corrected chi connectivity index (χ3v) is 4.63. The Morgan fingerprint density at radius 2 is 1.95 bits per heavy atom. The van der Waals surface area contributed by atoms with Gasteiger partial charge >= 0.3 is 0 Å². The number of hydrogen-bond donors (Lipinski definition) is 1. The van der Waals surface area contributed by atoms with Crippen molar-refractivity contribution in [3.8, 4) is 0 Å². The summed E-state index contributed by atoms with van der Waals surface area (Å²) in [5, 5.41) is 7.83. The maximum Gasteiger partial charge on any atom is 0.230 e. The molecule has 1 aromatic carbocycles. The summed E-state index contributed by atoms with van der Waals surface area (Å²) in [6, 6.07) is 11.4. The first-order valence-electron chi connectivity index (χ1n) is 7.49. The second kappa shape index (κ2) is 4.77. The third kappa shape index (κ3) is 2.29. The van der Waals surface area contributed by atoms with Gasteiger partial charge < -0.3 is 14.9 Å². The van der Waals surface area contributed by atoms with Gasteiger partial charge in [-0.15, -0.1) is 0 Å². The monoisotopic (exact) mass is 272 g/mol. The molecular formula is C16H20N2O2. The van der Waals surface area contributed by atoms with Crippen LogP contribution in [0.4, 0.5) is 0 Å². The molecule has 2 fully saturated rings. The zero-order valence-corrected chi connectivity index (χ0v) is 11.5. The van der Waals surface area contributed by atoms with E-state index in [4.69, 9.17) is 9.57 Å². The zero-order valence-electron chi connectivity index (χ0n) is 11.5. The van der Waals surface area contributed by atoms with E-state index in [1.165, 1.54) is 18.4 Å². The largest absolute Gasteiger partial charge is 0.474 e. The van der Waals surface area contributed by atoms with Crippen LogP contribution in [0, 0.1) is 0 Å². The summed E-state index contributed by atoms with van der Waals surface area (Å²) in [7, 11) is 0. The van der Waals surface area contributed by atoms with E-state index in [0.717, 1.165) is 25.2 Å². The molecule has 1 spiro atoms. The van der Waals surface area contributed by atoms with Crippen molar-refractivity contribution in [2.45, 2.75) is 56.4 Å². The van der Waals surface area contributed by atoms with Gasteiger partial charge in [-0.2, -0.15) is 0 Å². The van der Waals surface area contributed by atoms with E-state index in [9.17, 15) is 0 Å². The Hall–Kier alpha value is -1.55. The fraction of sp³-hybridized carbons (Fsp3) is 0.562. The van der Waals surface area contributed by atoms with Crippen molar-refractivity contribution in [1.29, 1.82) is 0 Å². The molecular weight excluding hydrogens is 252 g/mol. The van der Waals surface area contributed by atoms with Gasteiger partial charge in [-0.3, -0.25) is 0 Å². The number of hydrogen-bond acceptors (Lipinski definition) is 4. The average Bonchev–Trinajstić information content (AvgIpc) is 3.02. The molecule has 0 aliphatic carbocycles. The van der Waals surface area contributed by atoms with E-state index >= 15 is 0 Å². The smallest absolute Gasteiger partial charge is 0.230 e. The van der Waals surface area contributed by atoms with Crippen LogP contribution in [0.1, 0.15) is 37.7 Å². The number of ether oxygens (including phenoxy) is 1. The molecule has 2 saturated heterocycles. The minimum Gasteiger partial charge on any atom is -0.474 e. The standard InChI is InChI=1S/C16H20N2O2/c1-2-4-12(5-3-1)11-19-15-10-16(20-18-15)8-13-6-7-14(9-16)17-13/h1-5,13-14,17H,6-11H2/t13-,14+,16?. The van der Waals surface area contributed by atoms with Gasteiger partial charge in [-0.1, -0.05) is 35.5 Å². The molecule has 3 aliphatic heterocycles. The van der Waals surface area contributed by atoms with E-state index < -0.39 is 0 Å². The molecule has 4 heteroatoms. The number of piperidine rings is 1. The lowest BCUT2D eigenvalue weighted by Crippen LogP contribution is -2.48. The van der Waals surface area contributed by atoms with Crippen molar-refractivity contribution in [1.82, 2.24) is 5.32 Å². The maximum absolute atomic E-state index is 5.81. The van der Waals surface area contributed by atoms with Crippen LogP contribution in [-0.2, 0) is 16.2 Å². The van der Waals surface area contributed by atoms with Gasteiger partial charge in [0.1, 0.15) is 12.2 Å². The molecule has 20 heavy (non-hydrogen) atoms. The first-order chi connectivity index (χ1) is 9.81. The Balaban J connectivity index is 1.36. The number of nitrogens with one attached hydrogen (secondary N) is 1. The fourth-order valence-electron chi connectivity index (χ4n) is 3.73. The van der Waals surface area contributed by atoms with Gasteiger partial charge in [0.05, 0.1) is 6.42 Å². The van der Waals surface area contributed by atoms with Crippen molar-refractivity contribution in [2.24, 2.45) is 5.16 Å². The van der Waals surface area contributed by atoms with Crippen LogP contribution >= 0.6 is 0 Å². The number of nitrogens with zero attached hydrogens (tertiary/aromatic N) is 1. The van der Waals surface area contributed by atoms with Crippen LogP contribution in [-0.4, -0.2) is 23.6 Å². The molecule has 1 N–H and O–H groups in total. The van der Waals surface area contributed by atoms with Crippen LogP contribution in [0.15, 0.2) is 35.5 Å². The molecule has 1 unspecified atom stereocenters. The molecule has 4 rings (SSSR count). The van der Waals surface area contributed by atoms with E-state index in [1.807, 2.05) is 18.2 Å². The van der Waals surface area contributed by atoms with Crippen molar-refractivity contribution in [2.75, 3.05) is 0 Å². The Morgan fingerprint density at radius 3 is 2.70 bits per heavy atom. The zero-order chi connectivity index (χ0) is 13.4. The fourth-order valence-corrected chi connectivity index (χ4v) is 3.73. The first kappa shape index (κ1) is 12.2. The molecule has 4 nitrogen and oxygen atoms in total. The van der Waals surface area contributed by atoms with Gasteiger partial charge in [0, 0.05) is 24.9 Å². The van der Waals surface area contributed by atoms with Gasteiger partial charge in [-0.05, 0) is 18.4 Å². The highest BCUT2D eigenvalue weighted by Crippen LogP contribution is 2.41. The molecule has 3 atom stereocenters. The van der Waals surface area contributed by atoms with Crippen molar-refractivity contribution >= 4 is 5.90 Å². The van der Waals surface area contributed by atoms with Crippen molar-refractivity contribution in [3.05, 3.63) is 35.9 Å². The molecule has 0 radical (unpaired) electrons. The molecule has 0 saturated carbocycles. The van der Waals surface area contributed by atoms with E-state index in [2.05, 4.69) is 22.6 Å². The summed E-state index contributed by atoms with van der Waals surface area (Å²) in [6.07, 6.45) is 5.50. The van der Waals surface area contributed by atoms with Crippen molar-refractivity contribution in [3.63, 3.8) is 0 Å². The predicted octanol–water partition coefficient (Wildman–Crippen LogP) is 2.59. The SMILES string of the molecule is c1ccc(COC2=NOC3(C2)C[C@H]2CC[C@@H](C3)N2)cc1.